The summed E-state index contributed by atoms with van der Waals surface area (Å²) in [5.41, 5.74) is -1.16. The second-order valence-electron chi connectivity index (χ2n) is 4.79. The summed E-state index contributed by atoms with van der Waals surface area (Å²) < 4.78 is 18.7. The molecule has 1 rings (SSSR count). The lowest BCUT2D eigenvalue weighted by molar-refractivity contribution is 0.0363. The fourth-order valence-electron chi connectivity index (χ4n) is 1.73. The maximum atomic E-state index is 13.7. The molecule has 0 spiro atoms. The van der Waals surface area contributed by atoms with Crippen LogP contribution in [0.3, 0.4) is 0 Å². The molecule has 18 heavy (non-hydrogen) atoms. The first-order chi connectivity index (χ1) is 8.26. The first-order valence-corrected chi connectivity index (χ1v) is 5.56. The Labute approximate surface area is 106 Å². The normalized spacial score (nSPS) is 11.2. The number of carbonyl (C=O) groups excluding carboxylic acids is 1. The number of aliphatic hydroxyl groups is 1. The molecule has 0 unspecified atom stereocenters. The summed E-state index contributed by atoms with van der Waals surface area (Å²) in [4.78, 5) is 13.4. The zero-order chi connectivity index (χ0) is 13.9. The second kappa shape index (κ2) is 5.35. The summed E-state index contributed by atoms with van der Waals surface area (Å²) in [6.45, 7) is 3.26. The third-order valence-corrected chi connectivity index (χ3v) is 2.38. The monoisotopic (exact) mass is 255 g/mol. The van der Waals surface area contributed by atoms with E-state index in [2.05, 4.69) is 0 Å². The van der Waals surface area contributed by atoms with E-state index in [4.69, 9.17) is 4.74 Å². The summed E-state index contributed by atoms with van der Waals surface area (Å²) in [7, 11) is 2.88. The lowest BCUT2D eigenvalue weighted by Crippen LogP contribution is -2.40. The molecule has 0 saturated carbocycles. The molecule has 0 saturated heterocycles. The van der Waals surface area contributed by atoms with Gasteiger partial charge in [0.15, 0.2) is 0 Å². The molecular weight excluding hydrogens is 237 g/mol. The predicted molar refractivity (Wildman–Crippen MR) is 66.2 cm³/mol. The molecule has 0 aliphatic carbocycles. The van der Waals surface area contributed by atoms with Crippen LogP contribution in [0.25, 0.3) is 0 Å². The zero-order valence-corrected chi connectivity index (χ0v) is 11.0. The lowest BCUT2D eigenvalue weighted by atomic mass is 10.1. The summed E-state index contributed by atoms with van der Waals surface area (Å²) >= 11 is 0. The van der Waals surface area contributed by atoms with Crippen molar-refractivity contribution in [2.45, 2.75) is 19.4 Å². The van der Waals surface area contributed by atoms with Crippen LogP contribution in [0, 0.1) is 5.82 Å². The molecule has 4 nitrogen and oxygen atoms in total. The van der Waals surface area contributed by atoms with Crippen LogP contribution >= 0.6 is 0 Å². The molecule has 0 heterocycles. The van der Waals surface area contributed by atoms with Gasteiger partial charge < -0.3 is 14.7 Å². The van der Waals surface area contributed by atoms with Crippen LogP contribution in [0.15, 0.2) is 18.2 Å². The van der Waals surface area contributed by atoms with E-state index in [1.165, 1.54) is 37.3 Å². The number of likely N-dealkylation sites (N-methyl/N-ethyl adjacent to an activating group) is 1. The zero-order valence-electron chi connectivity index (χ0n) is 11.0. The van der Waals surface area contributed by atoms with E-state index in [0.29, 0.717) is 0 Å². The largest absolute Gasteiger partial charge is 0.496 e. The van der Waals surface area contributed by atoms with Gasteiger partial charge in [0.05, 0.1) is 12.7 Å². The molecule has 0 aromatic heterocycles. The molecular formula is C13H18FNO3. The van der Waals surface area contributed by atoms with E-state index in [1.807, 2.05) is 0 Å². The number of rotatable bonds is 4. The highest BCUT2D eigenvalue weighted by Gasteiger charge is 2.25. The van der Waals surface area contributed by atoms with Crippen molar-refractivity contribution in [3.8, 4) is 5.75 Å². The molecule has 0 bridgehead atoms. The van der Waals surface area contributed by atoms with Gasteiger partial charge in [-0.1, -0.05) is 6.07 Å². The standard InChI is InChI=1S/C13H18FNO3/c1-13(2,17)8-15(3)12(16)11-9(14)6-5-7-10(11)18-4/h5-7,17H,8H2,1-4H3. The van der Waals surface area contributed by atoms with Gasteiger partial charge in [0.2, 0.25) is 0 Å². The summed E-state index contributed by atoms with van der Waals surface area (Å²) in [6.07, 6.45) is 0. The molecule has 1 amide bonds. The molecule has 0 aliphatic rings. The van der Waals surface area contributed by atoms with Crippen LogP contribution < -0.4 is 4.74 Å². The van der Waals surface area contributed by atoms with Crippen molar-refractivity contribution in [2.75, 3.05) is 20.7 Å². The van der Waals surface area contributed by atoms with Gasteiger partial charge in [-0.15, -0.1) is 0 Å². The van der Waals surface area contributed by atoms with Crippen molar-refractivity contribution in [1.82, 2.24) is 4.90 Å². The summed E-state index contributed by atoms with van der Waals surface area (Å²) in [5.74, 6) is -0.975. The Balaban J connectivity index is 3.04. The minimum absolute atomic E-state index is 0.101. The van der Waals surface area contributed by atoms with E-state index in [9.17, 15) is 14.3 Å². The Morgan fingerprint density at radius 3 is 2.61 bits per heavy atom. The molecule has 0 aliphatic heterocycles. The Hall–Kier alpha value is -1.62. The summed E-state index contributed by atoms with van der Waals surface area (Å²) in [6, 6.07) is 4.20. The minimum Gasteiger partial charge on any atom is -0.496 e. The maximum absolute atomic E-state index is 13.7. The van der Waals surface area contributed by atoms with Gasteiger partial charge in [0.1, 0.15) is 17.1 Å². The number of carbonyl (C=O) groups is 1. The highest BCUT2D eigenvalue weighted by atomic mass is 19.1. The van der Waals surface area contributed by atoms with Crippen molar-refractivity contribution >= 4 is 5.91 Å². The highest BCUT2D eigenvalue weighted by molar-refractivity contribution is 5.97. The van der Waals surface area contributed by atoms with Crippen molar-refractivity contribution in [3.05, 3.63) is 29.6 Å². The third kappa shape index (κ3) is 3.43. The number of methoxy groups -OCH3 is 1. The Morgan fingerprint density at radius 2 is 2.11 bits per heavy atom. The summed E-state index contributed by atoms with van der Waals surface area (Å²) in [5, 5.41) is 9.66. The van der Waals surface area contributed by atoms with Crippen LogP contribution in [-0.4, -0.2) is 42.2 Å². The lowest BCUT2D eigenvalue weighted by Gasteiger charge is -2.26. The first-order valence-electron chi connectivity index (χ1n) is 5.56. The Bertz CT molecular complexity index is 440. The number of halogens is 1. The van der Waals surface area contributed by atoms with Crippen molar-refractivity contribution in [1.29, 1.82) is 0 Å². The minimum atomic E-state index is -1.04. The molecule has 100 valence electrons. The van der Waals surface area contributed by atoms with E-state index in [0.717, 1.165) is 0 Å². The van der Waals surface area contributed by atoms with Crippen molar-refractivity contribution in [3.63, 3.8) is 0 Å². The molecule has 0 atom stereocenters. The highest BCUT2D eigenvalue weighted by Crippen LogP contribution is 2.23. The number of nitrogens with zero attached hydrogens (tertiary/aromatic N) is 1. The first kappa shape index (κ1) is 14.4. The smallest absolute Gasteiger partial charge is 0.260 e. The maximum Gasteiger partial charge on any atom is 0.260 e. The third-order valence-electron chi connectivity index (χ3n) is 2.38. The van der Waals surface area contributed by atoms with Gasteiger partial charge in [-0.25, -0.2) is 4.39 Å². The number of hydrogen-bond donors (Lipinski definition) is 1. The topological polar surface area (TPSA) is 49.8 Å². The molecule has 1 aromatic carbocycles. The van der Waals surface area contributed by atoms with Crippen LogP contribution in [0.1, 0.15) is 24.2 Å². The quantitative estimate of drug-likeness (QED) is 0.890. The van der Waals surface area contributed by atoms with Gasteiger partial charge >= 0.3 is 0 Å². The molecule has 1 N–H and O–H groups in total. The van der Waals surface area contributed by atoms with Crippen LogP contribution in [0.2, 0.25) is 0 Å². The van der Waals surface area contributed by atoms with Crippen molar-refractivity contribution < 1.29 is 19.0 Å². The molecule has 1 aromatic rings. The van der Waals surface area contributed by atoms with E-state index >= 15 is 0 Å². The van der Waals surface area contributed by atoms with Gasteiger partial charge in [0, 0.05) is 13.6 Å². The molecule has 5 heteroatoms. The van der Waals surface area contributed by atoms with Crippen molar-refractivity contribution in [2.24, 2.45) is 0 Å². The second-order valence-corrected chi connectivity index (χ2v) is 4.79. The average molecular weight is 255 g/mol. The van der Waals surface area contributed by atoms with E-state index in [1.54, 1.807) is 13.8 Å². The van der Waals surface area contributed by atoms with Gasteiger partial charge in [0.25, 0.3) is 5.91 Å². The van der Waals surface area contributed by atoms with Crippen LogP contribution in [0.4, 0.5) is 4.39 Å². The predicted octanol–water partition coefficient (Wildman–Crippen LogP) is 1.68. The number of ether oxygens (including phenoxy) is 1. The van der Waals surface area contributed by atoms with Crippen LogP contribution in [0.5, 0.6) is 5.75 Å². The number of amides is 1. The molecule has 0 radical (unpaired) electrons. The Morgan fingerprint density at radius 1 is 1.50 bits per heavy atom. The fourth-order valence-corrected chi connectivity index (χ4v) is 1.73. The van der Waals surface area contributed by atoms with E-state index < -0.39 is 17.3 Å². The van der Waals surface area contributed by atoms with Gasteiger partial charge in [-0.2, -0.15) is 0 Å². The SMILES string of the molecule is COc1cccc(F)c1C(=O)N(C)CC(C)(C)O. The number of hydrogen-bond acceptors (Lipinski definition) is 3. The van der Waals surface area contributed by atoms with E-state index in [-0.39, 0.29) is 17.9 Å². The Kier molecular flexibility index (Phi) is 4.29. The molecule has 0 fully saturated rings. The average Bonchev–Trinajstić information content (AvgIpc) is 2.25. The van der Waals surface area contributed by atoms with Gasteiger partial charge in [-0.05, 0) is 26.0 Å². The number of benzene rings is 1. The fraction of sp³-hybridized carbons (Fsp3) is 0.462. The van der Waals surface area contributed by atoms with Crippen LogP contribution in [-0.2, 0) is 0 Å². The van der Waals surface area contributed by atoms with Gasteiger partial charge in [-0.3, -0.25) is 4.79 Å².